The van der Waals surface area contributed by atoms with Gasteiger partial charge in [-0.05, 0) is 25.5 Å². The van der Waals surface area contributed by atoms with Crippen LogP contribution in [0.15, 0.2) is 33.9 Å². The van der Waals surface area contributed by atoms with Crippen LogP contribution in [0.4, 0.5) is 16.5 Å². The summed E-state index contributed by atoms with van der Waals surface area (Å²) < 4.78 is 0. The zero-order chi connectivity index (χ0) is 13.0. The van der Waals surface area contributed by atoms with Gasteiger partial charge < -0.3 is 10.4 Å². The molecule has 0 aliphatic carbocycles. The topological polar surface area (TPSA) is 69.9 Å². The molecule has 0 saturated heterocycles. The highest BCUT2D eigenvalue weighted by Gasteiger charge is 2.05. The van der Waals surface area contributed by atoms with Crippen LogP contribution in [0.5, 0.6) is 5.75 Å². The van der Waals surface area contributed by atoms with Crippen molar-refractivity contribution in [3.05, 3.63) is 29.3 Å². The Morgan fingerprint density at radius 1 is 1.39 bits per heavy atom. The number of phenolic OH excluding ortho intramolecular Hbond substituents is 1. The van der Waals surface area contributed by atoms with Gasteiger partial charge in [0.15, 0.2) is 0 Å². The lowest BCUT2D eigenvalue weighted by molar-refractivity contribution is 0.477. The van der Waals surface area contributed by atoms with Gasteiger partial charge in [0.25, 0.3) is 0 Å². The number of aryl methyl sites for hydroxylation is 1. The second-order valence-corrected chi connectivity index (χ2v) is 4.57. The molecule has 0 bridgehead atoms. The molecule has 1 heterocycles. The Bertz CT molecular complexity index is 551. The Hall–Kier alpha value is -1.95. The highest BCUT2D eigenvalue weighted by atomic mass is 32.1. The van der Waals surface area contributed by atoms with Crippen LogP contribution in [0.2, 0.25) is 0 Å². The maximum Gasteiger partial charge on any atom is 0.229 e. The summed E-state index contributed by atoms with van der Waals surface area (Å²) >= 11 is 1.42. The van der Waals surface area contributed by atoms with Crippen molar-refractivity contribution in [3.63, 3.8) is 0 Å². The number of benzene rings is 1. The van der Waals surface area contributed by atoms with Crippen molar-refractivity contribution in [2.45, 2.75) is 13.8 Å². The number of nitrogens with zero attached hydrogens (tertiary/aromatic N) is 3. The summed E-state index contributed by atoms with van der Waals surface area (Å²) in [6, 6.07) is 3.46. The second-order valence-electron chi connectivity index (χ2n) is 3.70. The molecule has 6 heteroatoms. The van der Waals surface area contributed by atoms with Gasteiger partial charge in [-0.3, -0.25) is 0 Å². The van der Waals surface area contributed by atoms with Gasteiger partial charge in [0.05, 0.1) is 11.4 Å². The number of azo groups is 1. The van der Waals surface area contributed by atoms with Gasteiger partial charge in [0.2, 0.25) is 5.13 Å². The van der Waals surface area contributed by atoms with Gasteiger partial charge in [-0.1, -0.05) is 0 Å². The molecule has 0 amide bonds. The molecule has 1 aromatic heterocycles. The van der Waals surface area contributed by atoms with Gasteiger partial charge in [-0.15, -0.1) is 21.6 Å². The van der Waals surface area contributed by atoms with Gasteiger partial charge in [0, 0.05) is 24.2 Å². The minimum Gasteiger partial charge on any atom is -0.506 e. The predicted molar refractivity (Wildman–Crippen MR) is 73.3 cm³/mol. The van der Waals surface area contributed by atoms with E-state index in [1.165, 1.54) is 11.3 Å². The van der Waals surface area contributed by atoms with E-state index in [-0.39, 0.29) is 5.75 Å². The third kappa shape index (κ3) is 2.84. The molecule has 1 aromatic carbocycles. The Labute approximate surface area is 109 Å². The molecule has 2 aromatic rings. The van der Waals surface area contributed by atoms with Crippen LogP contribution in [0.25, 0.3) is 0 Å². The summed E-state index contributed by atoms with van der Waals surface area (Å²) in [5.41, 5.74) is 2.30. The Morgan fingerprint density at radius 2 is 2.22 bits per heavy atom. The minimum absolute atomic E-state index is 0.176. The second kappa shape index (κ2) is 5.59. The molecule has 0 unspecified atom stereocenters. The van der Waals surface area contributed by atoms with Crippen LogP contribution in [0.3, 0.4) is 0 Å². The number of phenols is 1. The van der Waals surface area contributed by atoms with Crippen molar-refractivity contribution in [2.24, 2.45) is 10.2 Å². The van der Waals surface area contributed by atoms with Crippen molar-refractivity contribution in [3.8, 4) is 5.75 Å². The van der Waals surface area contributed by atoms with Crippen molar-refractivity contribution < 1.29 is 5.11 Å². The number of aromatic hydroxyl groups is 1. The fourth-order valence-electron chi connectivity index (χ4n) is 1.49. The van der Waals surface area contributed by atoms with Crippen LogP contribution >= 0.6 is 11.3 Å². The van der Waals surface area contributed by atoms with E-state index in [0.29, 0.717) is 16.5 Å². The van der Waals surface area contributed by atoms with E-state index in [1.54, 1.807) is 12.3 Å². The average Bonchev–Trinajstić information content (AvgIpc) is 2.85. The molecule has 0 atom stereocenters. The first kappa shape index (κ1) is 12.5. The molecule has 0 aliphatic heterocycles. The highest BCUT2D eigenvalue weighted by Crippen LogP contribution is 2.32. The molecule has 5 nitrogen and oxygen atoms in total. The zero-order valence-corrected chi connectivity index (χ0v) is 11.0. The van der Waals surface area contributed by atoms with Crippen LogP contribution in [-0.4, -0.2) is 16.6 Å². The minimum atomic E-state index is 0.176. The number of thiazole rings is 1. The Morgan fingerprint density at radius 3 is 2.89 bits per heavy atom. The summed E-state index contributed by atoms with van der Waals surface area (Å²) in [6.45, 7) is 4.66. The maximum absolute atomic E-state index is 9.83. The van der Waals surface area contributed by atoms with Gasteiger partial charge >= 0.3 is 0 Å². The largest absolute Gasteiger partial charge is 0.506 e. The fourth-order valence-corrected chi connectivity index (χ4v) is 1.94. The van der Waals surface area contributed by atoms with Crippen molar-refractivity contribution in [2.75, 3.05) is 11.9 Å². The molecular formula is C12H14N4OS. The number of aromatic nitrogens is 1. The molecule has 0 saturated carbocycles. The van der Waals surface area contributed by atoms with E-state index in [1.807, 2.05) is 25.3 Å². The molecular weight excluding hydrogens is 248 g/mol. The Balaban J connectivity index is 2.26. The number of rotatable bonds is 4. The van der Waals surface area contributed by atoms with Gasteiger partial charge in [0.1, 0.15) is 5.75 Å². The van der Waals surface area contributed by atoms with Gasteiger partial charge in [-0.2, -0.15) is 0 Å². The number of hydrogen-bond acceptors (Lipinski definition) is 6. The zero-order valence-electron chi connectivity index (χ0n) is 10.2. The standard InChI is InChI=1S/C12H14N4OS/c1-3-13-10-6-8(2)9(7-11(10)17)15-16-12-14-4-5-18-12/h4-7,13,17H,3H2,1-2H3. The lowest BCUT2D eigenvalue weighted by Gasteiger charge is -2.08. The van der Waals surface area contributed by atoms with Gasteiger partial charge in [-0.25, -0.2) is 4.98 Å². The van der Waals surface area contributed by atoms with Crippen LogP contribution in [0, 0.1) is 6.92 Å². The van der Waals surface area contributed by atoms with E-state index < -0.39 is 0 Å². The van der Waals surface area contributed by atoms with Crippen LogP contribution in [0.1, 0.15) is 12.5 Å². The first-order valence-corrected chi connectivity index (χ1v) is 6.47. The summed E-state index contributed by atoms with van der Waals surface area (Å²) in [5, 5.41) is 23.5. The quantitative estimate of drug-likeness (QED) is 0.646. The van der Waals surface area contributed by atoms with E-state index in [0.717, 1.165) is 12.1 Å². The van der Waals surface area contributed by atoms with E-state index in [4.69, 9.17) is 0 Å². The summed E-state index contributed by atoms with van der Waals surface area (Å²) in [4.78, 5) is 4.01. The fraction of sp³-hybridized carbons (Fsp3) is 0.250. The lowest BCUT2D eigenvalue weighted by Crippen LogP contribution is -1.96. The molecule has 0 aliphatic rings. The lowest BCUT2D eigenvalue weighted by atomic mass is 10.1. The smallest absolute Gasteiger partial charge is 0.229 e. The molecule has 94 valence electrons. The predicted octanol–water partition coefficient (Wildman–Crippen LogP) is 4.00. The first-order chi connectivity index (χ1) is 8.70. The normalized spacial score (nSPS) is 11.0. The SMILES string of the molecule is CCNc1cc(C)c(N=Nc2nccs2)cc1O. The van der Waals surface area contributed by atoms with E-state index in [2.05, 4.69) is 20.5 Å². The molecule has 2 N–H and O–H groups in total. The monoisotopic (exact) mass is 262 g/mol. The van der Waals surface area contributed by atoms with Crippen molar-refractivity contribution in [1.82, 2.24) is 4.98 Å². The van der Waals surface area contributed by atoms with Crippen molar-refractivity contribution >= 4 is 27.8 Å². The van der Waals surface area contributed by atoms with E-state index in [9.17, 15) is 5.11 Å². The van der Waals surface area contributed by atoms with Crippen LogP contribution < -0.4 is 5.32 Å². The number of nitrogens with one attached hydrogen (secondary N) is 1. The summed E-state index contributed by atoms with van der Waals surface area (Å²) in [6.07, 6.45) is 1.68. The number of anilines is 1. The number of hydrogen-bond donors (Lipinski definition) is 2. The third-order valence-electron chi connectivity index (χ3n) is 2.34. The van der Waals surface area contributed by atoms with E-state index >= 15 is 0 Å². The first-order valence-electron chi connectivity index (χ1n) is 5.59. The summed E-state index contributed by atoms with van der Waals surface area (Å²) in [7, 11) is 0. The Kier molecular flexibility index (Phi) is 3.88. The maximum atomic E-state index is 9.83. The summed E-state index contributed by atoms with van der Waals surface area (Å²) in [5.74, 6) is 0.176. The highest BCUT2D eigenvalue weighted by molar-refractivity contribution is 7.13. The molecule has 18 heavy (non-hydrogen) atoms. The molecule has 0 radical (unpaired) electrons. The van der Waals surface area contributed by atoms with Crippen LogP contribution in [-0.2, 0) is 0 Å². The van der Waals surface area contributed by atoms with Crippen molar-refractivity contribution in [1.29, 1.82) is 0 Å². The average molecular weight is 262 g/mol. The molecule has 2 rings (SSSR count). The molecule has 0 spiro atoms. The molecule has 0 fully saturated rings. The third-order valence-corrected chi connectivity index (χ3v) is 3.00.